The van der Waals surface area contributed by atoms with Crippen LogP contribution in [0.25, 0.3) is 0 Å². The van der Waals surface area contributed by atoms with Crippen LogP contribution in [-0.2, 0) is 0 Å². The average Bonchev–Trinajstić information content (AvgIpc) is 3.23. The van der Waals surface area contributed by atoms with Gasteiger partial charge in [-0.2, -0.15) is 15.3 Å². The molecule has 0 amide bonds. The van der Waals surface area contributed by atoms with Crippen molar-refractivity contribution < 1.29 is 0 Å². The summed E-state index contributed by atoms with van der Waals surface area (Å²) in [5, 5.41) is 23.0. The molecule has 3 rings (SSSR count). The van der Waals surface area contributed by atoms with Crippen molar-refractivity contribution in [3.05, 3.63) is 36.0 Å². The Bertz CT molecular complexity index is 629. The van der Waals surface area contributed by atoms with Gasteiger partial charge in [-0.1, -0.05) is 6.07 Å². The van der Waals surface area contributed by atoms with Crippen molar-refractivity contribution in [2.45, 2.75) is 18.9 Å². The summed E-state index contributed by atoms with van der Waals surface area (Å²) in [5.41, 5.74) is 1.36. The van der Waals surface area contributed by atoms with Crippen LogP contribution in [0, 0.1) is 11.3 Å². The zero-order valence-electron chi connectivity index (χ0n) is 10.2. The Labute approximate surface area is 110 Å². The summed E-state index contributed by atoms with van der Waals surface area (Å²) >= 11 is 0. The fraction of sp³-hybridized carbons (Fsp3) is 0.231. The first-order valence-corrected chi connectivity index (χ1v) is 6.07. The topological polar surface area (TPSA) is 86.5 Å². The highest BCUT2D eigenvalue weighted by Crippen LogP contribution is 2.23. The Balaban J connectivity index is 1.76. The lowest BCUT2D eigenvalue weighted by atomic mass is 10.2. The van der Waals surface area contributed by atoms with Gasteiger partial charge >= 0.3 is 0 Å². The number of nitrogens with zero attached hydrogens (tertiary/aromatic N) is 4. The number of hydrogen-bond acceptors (Lipinski definition) is 6. The maximum absolute atomic E-state index is 8.85. The third-order valence-electron chi connectivity index (χ3n) is 2.74. The Morgan fingerprint density at radius 3 is 3.00 bits per heavy atom. The van der Waals surface area contributed by atoms with Crippen LogP contribution in [0.2, 0.25) is 0 Å². The molecule has 1 aliphatic carbocycles. The minimum absolute atomic E-state index is 0.417. The molecule has 0 atom stereocenters. The molecule has 94 valence electrons. The predicted molar refractivity (Wildman–Crippen MR) is 70.9 cm³/mol. The molecule has 1 heterocycles. The standard InChI is InChI=1S/C13H12N6/c14-7-9-2-1-3-11(6-9)17-13-18-12(8-15-19-13)16-10-4-5-10/h1-3,6,8,10H,4-5H2,(H2,16,17,18,19). The predicted octanol–water partition coefficient (Wildman–Crippen LogP) is 2.06. The summed E-state index contributed by atoms with van der Waals surface area (Å²) in [7, 11) is 0. The fourth-order valence-corrected chi connectivity index (χ4v) is 1.66. The first kappa shape index (κ1) is 11.4. The van der Waals surface area contributed by atoms with Gasteiger partial charge < -0.3 is 10.6 Å². The third-order valence-corrected chi connectivity index (χ3v) is 2.74. The highest BCUT2D eigenvalue weighted by Gasteiger charge is 2.21. The molecule has 2 N–H and O–H groups in total. The molecule has 2 aromatic rings. The fourth-order valence-electron chi connectivity index (χ4n) is 1.66. The number of hydrogen-bond donors (Lipinski definition) is 2. The van der Waals surface area contributed by atoms with Gasteiger partial charge in [-0.25, -0.2) is 0 Å². The van der Waals surface area contributed by atoms with Crippen LogP contribution in [0.5, 0.6) is 0 Å². The first-order valence-electron chi connectivity index (χ1n) is 6.07. The average molecular weight is 252 g/mol. The van der Waals surface area contributed by atoms with Crippen LogP contribution < -0.4 is 10.6 Å². The molecule has 0 saturated heterocycles. The Morgan fingerprint density at radius 1 is 1.32 bits per heavy atom. The van der Waals surface area contributed by atoms with E-state index in [9.17, 15) is 0 Å². The van der Waals surface area contributed by atoms with Gasteiger partial charge in [0.2, 0.25) is 5.95 Å². The Kier molecular flexibility index (Phi) is 2.94. The third kappa shape index (κ3) is 2.96. The van der Waals surface area contributed by atoms with Crippen LogP contribution >= 0.6 is 0 Å². The number of rotatable bonds is 4. The minimum Gasteiger partial charge on any atom is -0.366 e. The minimum atomic E-state index is 0.417. The normalized spacial score (nSPS) is 13.6. The second kappa shape index (κ2) is 4.90. The molecule has 0 unspecified atom stereocenters. The van der Waals surface area contributed by atoms with Gasteiger partial charge in [0.1, 0.15) is 0 Å². The number of nitrogens with one attached hydrogen (secondary N) is 2. The van der Waals surface area contributed by atoms with E-state index in [2.05, 4.69) is 31.9 Å². The summed E-state index contributed by atoms with van der Waals surface area (Å²) in [5.74, 6) is 1.14. The van der Waals surface area contributed by atoms with E-state index in [0.29, 0.717) is 17.6 Å². The molecular weight excluding hydrogens is 240 g/mol. The molecule has 6 heteroatoms. The van der Waals surface area contributed by atoms with Crippen molar-refractivity contribution in [3.63, 3.8) is 0 Å². The van der Waals surface area contributed by atoms with E-state index in [0.717, 1.165) is 11.5 Å². The SMILES string of the molecule is N#Cc1cccc(Nc2nncc(NC3CC3)n2)c1. The lowest BCUT2D eigenvalue weighted by Crippen LogP contribution is -2.06. The molecular formula is C13H12N6. The summed E-state index contributed by atoms with van der Waals surface area (Å²) in [6.45, 7) is 0. The smallest absolute Gasteiger partial charge is 0.249 e. The summed E-state index contributed by atoms with van der Waals surface area (Å²) < 4.78 is 0. The summed E-state index contributed by atoms with van der Waals surface area (Å²) in [4.78, 5) is 4.32. The maximum atomic E-state index is 8.85. The lowest BCUT2D eigenvalue weighted by Gasteiger charge is -2.06. The van der Waals surface area contributed by atoms with E-state index in [-0.39, 0.29) is 0 Å². The number of anilines is 3. The van der Waals surface area contributed by atoms with Crippen LogP contribution in [0.4, 0.5) is 17.5 Å². The van der Waals surface area contributed by atoms with Gasteiger partial charge in [-0.15, -0.1) is 5.10 Å². The summed E-state index contributed by atoms with van der Waals surface area (Å²) in [6, 6.07) is 9.75. The van der Waals surface area contributed by atoms with E-state index in [1.165, 1.54) is 12.8 Å². The van der Waals surface area contributed by atoms with Crippen molar-refractivity contribution in [1.29, 1.82) is 5.26 Å². The molecule has 0 bridgehead atoms. The molecule has 1 aromatic carbocycles. The van der Waals surface area contributed by atoms with Gasteiger partial charge in [0.15, 0.2) is 5.82 Å². The molecule has 1 aliphatic rings. The highest BCUT2D eigenvalue weighted by molar-refractivity contribution is 5.56. The van der Waals surface area contributed by atoms with Crippen LogP contribution in [0.3, 0.4) is 0 Å². The molecule has 1 fully saturated rings. The second-order valence-corrected chi connectivity index (χ2v) is 4.40. The van der Waals surface area contributed by atoms with E-state index < -0.39 is 0 Å². The highest BCUT2D eigenvalue weighted by atomic mass is 15.3. The molecule has 1 saturated carbocycles. The molecule has 0 aliphatic heterocycles. The molecule has 1 aromatic heterocycles. The molecule has 6 nitrogen and oxygen atoms in total. The number of nitriles is 1. The van der Waals surface area contributed by atoms with Crippen molar-refractivity contribution in [3.8, 4) is 6.07 Å². The summed E-state index contributed by atoms with van der Waals surface area (Å²) in [6.07, 6.45) is 3.96. The van der Waals surface area contributed by atoms with Gasteiger partial charge in [0.05, 0.1) is 17.8 Å². The van der Waals surface area contributed by atoms with Gasteiger partial charge in [0.25, 0.3) is 0 Å². The number of aromatic nitrogens is 3. The van der Waals surface area contributed by atoms with E-state index >= 15 is 0 Å². The van der Waals surface area contributed by atoms with Crippen LogP contribution in [0.1, 0.15) is 18.4 Å². The van der Waals surface area contributed by atoms with Crippen LogP contribution in [0.15, 0.2) is 30.5 Å². The molecule has 0 radical (unpaired) electrons. The lowest BCUT2D eigenvalue weighted by molar-refractivity contribution is 0.965. The van der Waals surface area contributed by atoms with E-state index in [1.54, 1.807) is 24.4 Å². The van der Waals surface area contributed by atoms with Crippen LogP contribution in [-0.4, -0.2) is 21.2 Å². The van der Waals surface area contributed by atoms with Crippen molar-refractivity contribution in [1.82, 2.24) is 15.2 Å². The Hall–Kier alpha value is -2.68. The maximum Gasteiger partial charge on any atom is 0.249 e. The molecule has 0 spiro atoms. The Morgan fingerprint density at radius 2 is 2.21 bits per heavy atom. The molecule has 19 heavy (non-hydrogen) atoms. The first-order chi connectivity index (χ1) is 9.33. The van der Waals surface area contributed by atoms with E-state index in [4.69, 9.17) is 5.26 Å². The second-order valence-electron chi connectivity index (χ2n) is 4.40. The van der Waals surface area contributed by atoms with Gasteiger partial charge in [-0.05, 0) is 31.0 Å². The van der Waals surface area contributed by atoms with Gasteiger partial charge in [0, 0.05) is 11.7 Å². The van der Waals surface area contributed by atoms with Gasteiger partial charge in [-0.3, -0.25) is 0 Å². The monoisotopic (exact) mass is 252 g/mol. The number of benzene rings is 1. The van der Waals surface area contributed by atoms with Crippen molar-refractivity contribution in [2.24, 2.45) is 0 Å². The van der Waals surface area contributed by atoms with E-state index in [1.807, 2.05) is 6.07 Å². The zero-order valence-corrected chi connectivity index (χ0v) is 10.2. The van der Waals surface area contributed by atoms with Crippen molar-refractivity contribution >= 4 is 17.5 Å². The quantitative estimate of drug-likeness (QED) is 0.866. The largest absolute Gasteiger partial charge is 0.366 e. The van der Waals surface area contributed by atoms with Crippen molar-refractivity contribution in [2.75, 3.05) is 10.6 Å². The zero-order chi connectivity index (χ0) is 13.1.